The lowest BCUT2D eigenvalue weighted by atomic mass is 9.97. The maximum Gasteiger partial charge on any atom is 0.350 e. The van der Waals surface area contributed by atoms with Gasteiger partial charge in [0.1, 0.15) is 17.1 Å². The van der Waals surface area contributed by atoms with Crippen LogP contribution in [0.1, 0.15) is 55.6 Å². The normalized spacial score (nSPS) is 14.8. The van der Waals surface area contributed by atoms with Crippen molar-refractivity contribution in [1.29, 1.82) is 0 Å². The summed E-state index contributed by atoms with van der Waals surface area (Å²) in [5.74, 6) is -1.06. The predicted octanol–water partition coefficient (Wildman–Crippen LogP) is 5.98. The van der Waals surface area contributed by atoms with Crippen LogP contribution in [0.25, 0.3) is 11.0 Å². The second-order valence-corrected chi connectivity index (χ2v) is 10.2. The summed E-state index contributed by atoms with van der Waals surface area (Å²) in [6, 6.07) is 12.1. The van der Waals surface area contributed by atoms with E-state index in [1.54, 1.807) is 25.1 Å². The van der Waals surface area contributed by atoms with Gasteiger partial charge >= 0.3 is 5.97 Å². The molecule has 182 valence electrons. The number of anilines is 1. The maximum atomic E-state index is 13.8. The van der Waals surface area contributed by atoms with Gasteiger partial charge in [-0.25, -0.2) is 9.78 Å². The van der Waals surface area contributed by atoms with Gasteiger partial charge in [0.05, 0.1) is 22.7 Å². The van der Waals surface area contributed by atoms with E-state index >= 15 is 0 Å². The number of aryl methyl sites for hydroxylation is 2. The topological polar surface area (TPSA) is 89.7 Å². The van der Waals surface area contributed by atoms with Gasteiger partial charge in [-0.3, -0.25) is 14.5 Å². The molecule has 0 aliphatic carbocycles. The summed E-state index contributed by atoms with van der Waals surface area (Å²) >= 11 is 4.45. The van der Waals surface area contributed by atoms with Crippen molar-refractivity contribution in [3.8, 4) is 0 Å². The van der Waals surface area contributed by atoms with Crippen LogP contribution in [-0.4, -0.2) is 23.5 Å². The Morgan fingerprint density at radius 3 is 2.69 bits per heavy atom. The summed E-state index contributed by atoms with van der Waals surface area (Å²) in [6.45, 7) is 7.35. The van der Waals surface area contributed by atoms with Gasteiger partial charge in [0.25, 0.3) is 5.91 Å². The molecule has 4 aromatic rings. The first-order valence-corrected chi connectivity index (χ1v) is 12.9. The number of nitrogens with zero attached hydrogens (tertiary/aromatic N) is 2. The molecule has 0 bridgehead atoms. The number of carbonyl (C=O) groups excluding carboxylic acids is 2. The number of ether oxygens (including phenoxy) is 1. The Bertz CT molecular complexity index is 1590. The molecule has 0 radical (unpaired) electrons. The number of rotatable bonds is 6. The lowest BCUT2D eigenvalue weighted by Crippen LogP contribution is -2.29. The van der Waals surface area contributed by atoms with Gasteiger partial charge in [-0.15, -0.1) is 0 Å². The third-order valence-electron chi connectivity index (χ3n) is 6.04. The fourth-order valence-corrected chi connectivity index (χ4v) is 5.62. The lowest BCUT2D eigenvalue weighted by Gasteiger charge is -2.22. The van der Waals surface area contributed by atoms with E-state index in [9.17, 15) is 14.4 Å². The van der Waals surface area contributed by atoms with Crippen LogP contribution in [0.2, 0.25) is 0 Å². The van der Waals surface area contributed by atoms with Gasteiger partial charge in [-0.05, 0) is 42.7 Å². The molecule has 2 aromatic carbocycles. The van der Waals surface area contributed by atoms with E-state index in [0.29, 0.717) is 16.7 Å². The molecule has 5 rings (SSSR count). The first-order valence-electron chi connectivity index (χ1n) is 11.3. The van der Waals surface area contributed by atoms with Gasteiger partial charge in [0.2, 0.25) is 5.76 Å². The number of benzene rings is 2. The highest BCUT2D eigenvalue weighted by atomic mass is 79.9. The molecule has 9 heteroatoms. The van der Waals surface area contributed by atoms with Crippen molar-refractivity contribution in [1.82, 2.24) is 4.98 Å². The molecule has 1 atom stereocenters. The van der Waals surface area contributed by atoms with Crippen LogP contribution in [0.15, 0.2) is 68.8 Å². The van der Waals surface area contributed by atoms with Gasteiger partial charge in [-0.1, -0.05) is 71.1 Å². The summed E-state index contributed by atoms with van der Waals surface area (Å²) < 4.78 is 11.9. The smallest absolute Gasteiger partial charge is 0.350 e. The van der Waals surface area contributed by atoms with E-state index in [-0.39, 0.29) is 33.4 Å². The first kappa shape index (κ1) is 24.1. The van der Waals surface area contributed by atoms with Crippen molar-refractivity contribution >= 4 is 55.2 Å². The van der Waals surface area contributed by atoms with Crippen LogP contribution < -0.4 is 10.3 Å². The molecule has 1 aliphatic rings. The van der Waals surface area contributed by atoms with E-state index in [1.165, 1.54) is 11.0 Å². The Labute approximate surface area is 219 Å². The maximum absolute atomic E-state index is 13.8. The Kier molecular flexibility index (Phi) is 6.36. The number of halogens is 1. The SMILES string of the molecule is C=CCOC(=O)c1sc(N2C(=O)c3oc4ccc(Br)cc4c(=O)c3C2c2ccc(CC)cc2)nc1C. The van der Waals surface area contributed by atoms with Crippen LogP contribution >= 0.6 is 27.3 Å². The zero-order chi connectivity index (χ0) is 25.6. The number of hydrogen-bond donors (Lipinski definition) is 0. The van der Waals surface area contributed by atoms with E-state index in [2.05, 4.69) is 34.4 Å². The van der Waals surface area contributed by atoms with Gasteiger partial charge in [-0.2, -0.15) is 0 Å². The van der Waals surface area contributed by atoms with Gasteiger partial charge in [0.15, 0.2) is 10.6 Å². The summed E-state index contributed by atoms with van der Waals surface area (Å²) in [7, 11) is 0. The molecule has 0 N–H and O–H groups in total. The minimum atomic E-state index is -0.763. The summed E-state index contributed by atoms with van der Waals surface area (Å²) in [5.41, 5.74) is 2.58. The fraction of sp³-hybridized carbons (Fsp3) is 0.185. The molecular formula is C27H21BrN2O5S. The average Bonchev–Trinajstić information content (AvgIpc) is 3.40. The number of hydrogen-bond acceptors (Lipinski definition) is 7. The quantitative estimate of drug-likeness (QED) is 0.211. The highest BCUT2D eigenvalue weighted by Gasteiger charge is 2.45. The van der Waals surface area contributed by atoms with Crippen molar-refractivity contribution in [3.63, 3.8) is 0 Å². The first-order chi connectivity index (χ1) is 17.3. The molecule has 0 spiro atoms. The van der Waals surface area contributed by atoms with Crippen LogP contribution in [0.5, 0.6) is 0 Å². The Morgan fingerprint density at radius 2 is 2.00 bits per heavy atom. The Balaban J connectivity index is 1.71. The summed E-state index contributed by atoms with van der Waals surface area (Å²) in [6.07, 6.45) is 2.33. The number of amides is 1. The molecular weight excluding hydrogens is 544 g/mol. The molecule has 3 heterocycles. The predicted molar refractivity (Wildman–Crippen MR) is 142 cm³/mol. The Morgan fingerprint density at radius 1 is 1.25 bits per heavy atom. The average molecular weight is 565 g/mol. The standard InChI is InChI=1S/C27H21BrN2O5S/c1-4-12-34-26(33)24-14(3)29-27(36-24)30-21(16-8-6-15(5-2)7-9-16)20-22(31)18-13-17(28)10-11-19(18)35-23(20)25(30)32/h4,6-11,13,21H,1,5,12H2,2-3H3. The highest BCUT2D eigenvalue weighted by Crippen LogP contribution is 2.43. The molecule has 1 unspecified atom stereocenters. The molecule has 36 heavy (non-hydrogen) atoms. The van der Waals surface area contributed by atoms with Crippen molar-refractivity contribution in [2.24, 2.45) is 0 Å². The van der Waals surface area contributed by atoms with E-state index in [0.717, 1.165) is 33.4 Å². The lowest BCUT2D eigenvalue weighted by molar-refractivity contribution is 0.0554. The van der Waals surface area contributed by atoms with Crippen molar-refractivity contribution in [2.45, 2.75) is 26.3 Å². The van der Waals surface area contributed by atoms with E-state index in [1.807, 2.05) is 24.3 Å². The number of thiazole rings is 1. The third-order valence-corrected chi connectivity index (χ3v) is 7.67. The number of carbonyl (C=O) groups is 2. The monoisotopic (exact) mass is 564 g/mol. The second kappa shape index (κ2) is 9.48. The number of fused-ring (bicyclic) bond motifs is 2. The van der Waals surface area contributed by atoms with Crippen LogP contribution in [-0.2, 0) is 11.2 Å². The molecule has 1 amide bonds. The van der Waals surface area contributed by atoms with Crippen LogP contribution in [0.4, 0.5) is 5.13 Å². The van der Waals surface area contributed by atoms with Crippen molar-refractivity contribution < 1.29 is 18.7 Å². The Hall–Kier alpha value is -3.56. The minimum absolute atomic E-state index is 0.0250. The minimum Gasteiger partial charge on any atom is -0.457 e. The molecule has 2 aromatic heterocycles. The van der Waals surface area contributed by atoms with Crippen molar-refractivity contribution in [3.05, 3.63) is 103 Å². The van der Waals surface area contributed by atoms with E-state index in [4.69, 9.17) is 9.15 Å². The highest BCUT2D eigenvalue weighted by molar-refractivity contribution is 9.10. The second-order valence-electron chi connectivity index (χ2n) is 8.29. The number of aromatic nitrogens is 1. The largest absolute Gasteiger partial charge is 0.457 e. The van der Waals surface area contributed by atoms with Gasteiger partial charge in [0, 0.05) is 4.47 Å². The molecule has 0 fully saturated rings. The van der Waals surface area contributed by atoms with Crippen LogP contribution in [0, 0.1) is 6.92 Å². The molecule has 1 aliphatic heterocycles. The van der Waals surface area contributed by atoms with Crippen molar-refractivity contribution in [2.75, 3.05) is 11.5 Å². The summed E-state index contributed by atoms with van der Waals surface area (Å²) in [5, 5.41) is 0.653. The zero-order valence-electron chi connectivity index (χ0n) is 19.5. The fourth-order valence-electron chi connectivity index (χ4n) is 4.27. The summed E-state index contributed by atoms with van der Waals surface area (Å²) in [4.78, 5) is 46.3. The molecule has 7 nitrogen and oxygen atoms in total. The molecule has 0 saturated carbocycles. The van der Waals surface area contributed by atoms with Gasteiger partial charge < -0.3 is 9.15 Å². The van der Waals surface area contributed by atoms with E-state index < -0.39 is 17.9 Å². The zero-order valence-corrected chi connectivity index (χ0v) is 21.9. The van der Waals surface area contributed by atoms with Crippen LogP contribution in [0.3, 0.4) is 0 Å². The third kappa shape index (κ3) is 3.98. The molecule has 0 saturated heterocycles. The number of esters is 1.